The van der Waals surface area contributed by atoms with Crippen molar-refractivity contribution >= 4 is 21.1 Å². The molecule has 124 valence electrons. The lowest BCUT2D eigenvalue weighted by Crippen LogP contribution is -2.48. The number of rotatable bonds is 3. The standard InChI is InChI=1S/C15H15N5O3S/c21-24(22,14-5-1-4-12-15(14)19-23-18-12)20-8-7-17-10-13(20)11-3-2-6-16-9-11/h1-6,9,13,17H,7-8,10H2. The molecule has 1 aliphatic rings. The van der Waals surface area contributed by atoms with Gasteiger partial charge in [-0.15, -0.1) is 0 Å². The number of benzene rings is 1. The van der Waals surface area contributed by atoms with Gasteiger partial charge in [-0.3, -0.25) is 4.98 Å². The van der Waals surface area contributed by atoms with E-state index in [4.69, 9.17) is 4.63 Å². The van der Waals surface area contributed by atoms with Crippen LogP contribution < -0.4 is 5.32 Å². The molecule has 9 heteroatoms. The van der Waals surface area contributed by atoms with Crippen molar-refractivity contribution < 1.29 is 13.0 Å². The molecule has 3 aromatic rings. The average Bonchev–Trinajstić information content (AvgIpc) is 3.11. The summed E-state index contributed by atoms with van der Waals surface area (Å²) in [6, 6.07) is 8.20. The second-order valence-corrected chi connectivity index (χ2v) is 7.37. The Morgan fingerprint density at radius 1 is 1.21 bits per heavy atom. The molecule has 3 heterocycles. The van der Waals surface area contributed by atoms with Gasteiger partial charge in [-0.05, 0) is 34.1 Å². The molecule has 1 fully saturated rings. The van der Waals surface area contributed by atoms with Crippen molar-refractivity contribution in [1.29, 1.82) is 0 Å². The molecule has 0 bridgehead atoms. The number of nitrogens with one attached hydrogen (secondary N) is 1. The predicted molar refractivity (Wildman–Crippen MR) is 85.5 cm³/mol. The first-order valence-electron chi connectivity index (χ1n) is 7.52. The molecule has 2 aromatic heterocycles. The summed E-state index contributed by atoms with van der Waals surface area (Å²) < 4.78 is 32.7. The second kappa shape index (κ2) is 5.93. The van der Waals surface area contributed by atoms with Crippen LogP contribution >= 0.6 is 0 Å². The van der Waals surface area contributed by atoms with Crippen molar-refractivity contribution in [3.63, 3.8) is 0 Å². The summed E-state index contributed by atoms with van der Waals surface area (Å²) in [6.07, 6.45) is 3.36. The number of aromatic nitrogens is 3. The second-order valence-electron chi connectivity index (χ2n) is 5.51. The smallest absolute Gasteiger partial charge is 0.246 e. The molecule has 1 unspecified atom stereocenters. The molecule has 0 amide bonds. The third kappa shape index (κ3) is 2.46. The quantitative estimate of drug-likeness (QED) is 0.754. The molecule has 0 aliphatic carbocycles. The van der Waals surface area contributed by atoms with Crippen molar-refractivity contribution in [1.82, 2.24) is 24.9 Å². The fourth-order valence-corrected chi connectivity index (χ4v) is 4.70. The maximum atomic E-state index is 13.3. The molecule has 8 nitrogen and oxygen atoms in total. The van der Waals surface area contributed by atoms with E-state index in [9.17, 15) is 8.42 Å². The Bertz CT molecular complexity index is 957. The molecule has 1 N–H and O–H groups in total. The molecule has 1 aliphatic heterocycles. The first-order valence-corrected chi connectivity index (χ1v) is 8.96. The minimum atomic E-state index is -3.75. The Balaban J connectivity index is 1.81. The fraction of sp³-hybridized carbons (Fsp3) is 0.267. The number of sulfonamides is 1. The number of fused-ring (bicyclic) bond motifs is 1. The van der Waals surface area contributed by atoms with Crippen molar-refractivity contribution in [3.05, 3.63) is 48.3 Å². The van der Waals surface area contributed by atoms with E-state index in [0.717, 1.165) is 5.56 Å². The number of hydrogen-bond donors (Lipinski definition) is 1. The van der Waals surface area contributed by atoms with Crippen LogP contribution in [0.3, 0.4) is 0 Å². The van der Waals surface area contributed by atoms with Crippen LogP contribution in [0.5, 0.6) is 0 Å². The Morgan fingerprint density at radius 3 is 2.96 bits per heavy atom. The highest BCUT2D eigenvalue weighted by Crippen LogP contribution is 2.31. The van der Waals surface area contributed by atoms with Crippen molar-refractivity contribution in [2.24, 2.45) is 0 Å². The van der Waals surface area contributed by atoms with Gasteiger partial charge in [0.25, 0.3) is 0 Å². The van der Waals surface area contributed by atoms with Crippen LogP contribution in [0.4, 0.5) is 0 Å². The highest BCUT2D eigenvalue weighted by atomic mass is 32.2. The van der Waals surface area contributed by atoms with Crippen molar-refractivity contribution in [2.45, 2.75) is 10.9 Å². The Hall–Kier alpha value is -2.36. The van der Waals surface area contributed by atoms with Gasteiger partial charge in [0.05, 0.1) is 6.04 Å². The van der Waals surface area contributed by atoms with Gasteiger partial charge in [0.15, 0.2) is 5.52 Å². The van der Waals surface area contributed by atoms with E-state index in [0.29, 0.717) is 25.2 Å². The largest absolute Gasteiger partial charge is 0.313 e. The van der Waals surface area contributed by atoms with Crippen LogP contribution in [0.1, 0.15) is 11.6 Å². The van der Waals surface area contributed by atoms with E-state index >= 15 is 0 Å². The lowest BCUT2D eigenvalue weighted by molar-refractivity contribution is 0.271. The van der Waals surface area contributed by atoms with E-state index in [-0.39, 0.29) is 16.5 Å². The molecule has 0 saturated carbocycles. The van der Waals surface area contributed by atoms with Crippen LogP contribution in [0.15, 0.2) is 52.3 Å². The van der Waals surface area contributed by atoms with Gasteiger partial charge in [-0.2, -0.15) is 4.31 Å². The Morgan fingerprint density at radius 2 is 2.12 bits per heavy atom. The lowest BCUT2D eigenvalue weighted by Gasteiger charge is -2.35. The average molecular weight is 345 g/mol. The van der Waals surface area contributed by atoms with Crippen molar-refractivity contribution in [2.75, 3.05) is 19.6 Å². The number of piperazine rings is 1. The summed E-state index contributed by atoms with van der Waals surface area (Å²) in [5, 5.41) is 10.7. The first-order chi connectivity index (χ1) is 11.7. The molecule has 0 radical (unpaired) electrons. The van der Waals surface area contributed by atoms with Crippen molar-refractivity contribution in [3.8, 4) is 0 Å². The normalized spacial score (nSPS) is 19.6. The number of hydrogen-bond acceptors (Lipinski definition) is 7. The van der Waals surface area contributed by atoms with Gasteiger partial charge in [0.2, 0.25) is 10.0 Å². The topological polar surface area (TPSA) is 101 Å². The van der Waals surface area contributed by atoms with Gasteiger partial charge in [-0.25, -0.2) is 13.0 Å². The van der Waals surface area contributed by atoms with Gasteiger partial charge in [0, 0.05) is 32.0 Å². The van der Waals surface area contributed by atoms with E-state index in [1.54, 1.807) is 30.6 Å². The summed E-state index contributed by atoms with van der Waals surface area (Å²) in [4.78, 5) is 4.21. The molecule has 1 aromatic carbocycles. The van der Waals surface area contributed by atoms with Crippen LogP contribution in [0.25, 0.3) is 11.0 Å². The summed E-state index contributed by atoms with van der Waals surface area (Å²) in [7, 11) is -3.75. The van der Waals surface area contributed by atoms with Crippen LogP contribution in [-0.2, 0) is 10.0 Å². The number of pyridine rings is 1. The summed E-state index contributed by atoms with van der Waals surface area (Å²) in [5.74, 6) is 0. The predicted octanol–water partition coefficient (Wildman–Crippen LogP) is 0.953. The molecular formula is C15H15N5O3S. The third-order valence-electron chi connectivity index (χ3n) is 4.10. The highest BCUT2D eigenvalue weighted by molar-refractivity contribution is 7.89. The summed E-state index contributed by atoms with van der Waals surface area (Å²) in [5.41, 5.74) is 1.52. The third-order valence-corrected chi connectivity index (χ3v) is 6.04. The SMILES string of the molecule is O=S(=O)(c1cccc2nonc12)N1CCNCC1c1cccnc1. The van der Waals surface area contributed by atoms with Gasteiger partial charge < -0.3 is 5.32 Å². The molecule has 24 heavy (non-hydrogen) atoms. The molecule has 1 atom stereocenters. The monoisotopic (exact) mass is 345 g/mol. The zero-order chi connectivity index (χ0) is 16.6. The zero-order valence-electron chi connectivity index (χ0n) is 12.7. The maximum Gasteiger partial charge on any atom is 0.246 e. The fourth-order valence-electron chi connectivity index (χ4n) is 2.95. The van der Waals surface area contributed by atoms with E-state index in [2.05, 4.69) is 20.6 Å². The summed E-state index contributed by atoms with van der Waals surface area (Å²) in [6.45, 7) is 1.48. The first kappa shape index (κ1) is 15.2. The summed E-state index contributed by atoms with van der Waals surface area (Å²) >= 11 is 0. The van der Waals surface area contributed by atoms with E-state index < -0.39 is 10.0 Å². The molecule has 0 spiro atoms. The van der Waals surface area contributed by atoms with Gasteiger partial charge >= 0.3 is 0 Å². The number of nitrogens with zero attached hydrogens (tertiary/aromatic N) is 4. The highest BCUT2D eigenvalue weighted by Gasteiger charge is 2.36. The lowest BCUT2D eigenvalue weighted by atomic mass is 10.1. The van der Waals surface area contributed by atoms with Gasteiger partial charge in [-0.1, -0.05) is 12.1 Å². The minimum absolute atomic E-state index is 0.108. The van der Waals surface area contributed by atoms with Crippen LogP contribution in [0, 0.1) is 0 Å². The Labute approximate surface area is 138 Å². The molecule has 4 rings (SSSR count). The van der Waals surface area contributed by atoms with Gasteiger partial charge in [0.1, 0.15) is 10.4 Å². The Kier molecular flexibility index (Phi) is 3.75. The maximum absolute atomic E-state index is 13.3. The van der Waals surface area contributed by atoms with E-state index in [1.165, 1.54) is 10.4 Å². The van der Waals surface area contributed by atoms with Crippen LogP contribution in [0.2, 0.25) is 0 Å². The van der Waals surface area contributed by atoms with E-state index in [1.807, 2.05) is 6.07 Å². The minimum Gasteiger partial charge on any atom is -0.313 e. The molecule has 1 saturated heterocycles. The van der Waals surface area contributed by atoms with Crippen LogP contribution in [-0.4, -0.2) is 47.7 Å². The molecular weight excluding hydrogens is 330 g/mol. The zero-order valence-corrected chi connectivity index (χ0v) is 13.5.